The zero-order valence-electron chi connectivity index (χ0n) is 18.3. The molecular weight excluding hydrogens is 436 g/mol. The molecule has 0 bridgehead atoms. The number of hydrogen-bond donors (Lipinski definition) is 2. The molecule has 0 spiro atoms. The minimum atomic E-state index is -3.15. The van der Waals surface area contributed by atoms with Crippen molar-refractivity contribution < 1.29 is 18.6 Å². The van der Waals surface area contributed by atoms with Gasteiger partial charge in [0.05, 0.1) is 11.6 Å². The van der Waals surface area contributed by atoms with Crippen LogP contribution in [-0.4, -0.2) is 52.7 Å². The summed E-state index contributed by atoms with van der Waals surface area (Å²) in [5.41, 5.74) is -1.66. The molecule has 1 aliphatic heterocycles. The lowest BCUT2D eigenvalue weighted by Crippen LogP contribution is -2.38. The van der Waals surface area contributed by atoms with E-state index in [0.717, 1.165) is 24.6 Å². The van der Waals surface area contributed by atoms with Crippen molar-refractivity contribution >= 4 is 17.0 Å². The lowest BCUT2D eigenvalue weighted by atomic mass is 10.00. The number of hydrogen-bond acceptors (Lipinski definition) is 8. The summed E-state index contributed by atoms with van der Waals surface area (Å²) in [6, 6.07) is 0.627. The van der Waals surface area contributed by atoms with Crippen LogP contribution < -0.4 is 15.6 Å². The lowest BCUT2D eigenvalue weighted by molar-refractivity contribution is -0.0513. The maximum absolute atomic E-state index is 13.1. The van der Waals surface area contributed by atoms with E-state index in [2.05, 4.69) is 34.8 Å². The Morgan fingerprint density at radius 3 is 2.88 bits per heavy atom. The van der Waals surface area contributed by atoms with Gasteiger partial charge in [-0.05, 0) is 45.6 Å². The number of rotatable bonds is 5. The molecule has 33 heavy (non-hydrogen) atoms. The van der Waals surface area contributed by atoms with Gasteiger partial charge in [0.15, 0.2) is 5.75 Å². The average molecular weight is 461 g/mol. The fraction of sp³-hybridized carbons (Fsp3) is 0.571. The Bertz CT molecular complexity index is 1260. The Kier molecular flexibility index (Phi) is 5.26. The number of aryl methyl sites for hydroxylation is 1. The number of anilines is 1. The van der Waals surface area contributed by atoms with E-state index in [0.29, 0.717) is 37.0 Å². The average Bonchev–Trinajstić information content (AvgIpc) is 3.30. The van der Waals surface area contributed by atoms with E-state index in [4.69, 9.17) is 0 Å². The van der Waals surface area contributed by atoms with Crippen LogP contribution >= 0.6 is 0 Å². The highest BCUT2D eigenvalue weighted by molar-refractivity contribution is 5.77. The number of fused-ring (bicyclic) bond motifs is 2. The van der Waals surface area contributed by atoms with Crippen molar-refractivity contribution in [3.8, 4) is 5.75 Å². The summed E-state index contributed by atoms with van der Waals surface area (Å²) in [4.78, 5) is 22.0. The monoisotopic (exact) mass is 461 g/mol. The molecular formula is C21H25F2N7O3. The van der Waals surface area contributed by atoms with Gasteiger partial charge in [-0.1, -0.05) is 0 Å². The minimum absolute atomic E-state index is 0.0229. The van der Waals surface area contributed by atoms with Crippen LogP contribution in [0, 0.1) is 6.92 Å². The van der Waals surface area contributed by atoms with E-state index >= 15 is 0 Å². The first-order valence-electron chi connectivity index (χ1n) is 11.0. The molecule has 0 amide bonds. The van der Waals surface area contributed by atoms with Crippen molar-refractivity contribution in [2.75, 3.05) is 5.32 Å². The van der Waals surface area contributed by atoms with Crippen LogP contribution in [0.3, 0.4) is 0 Å². The van der Waals surface area contributed by atoms with Crippen molar-refractivity contribution in [3.63, 3.8) is 0 Å². The Morgan fingerprint density at radius 2 is 2.15 bits per heavy atom. The van der Waals surface area contributed by atoms with E-state index in [1.54, 1.807) is 6.92 Å². The first-order chi connectivity index (χ1) is 15.7. The van der Waals surface area contributed by atoms with Gasteiger partial charge < -0.3 is 19.7 Å². The molecule has 3 atom stereocenters. The second kappa shape index (κ2) is 8.01. The van der Waals surface area contributed by atoms with E-state index in [-0.39, 0.29) is 11.7 Å². The maximum atomic E-state index is 13.1. The van der Waals surface area contributed by atoms with Gasteiger partial charge in [-0.2, -0.15) is 13.8 Å². The molecule has 5 rings (SSSR count). The quantitative estimate of drug-likeness (QED) is 0.593. The predicted octanol–water partition coefficient (Wildman–Crippen LogP) is 2.20. The van der Waals surface area contributed by atoms with Gasteiger partial charge in [-0.25, -0.2) is 4.98 Å². The number of aromatic nitrogens is 6. The van der Waals surface area contributed by atoms with Gasteiger partial charge in [0.25, 0.3) is 5.56 Å². The summed E-state index contributed by atoms with van der Waals surface area (Å²) in [5, 5.41) is 22.9. The minimum Gasteiger partial charge on any atom is -0.429 e. The van der Waals surface area contributed by atoms with Crippen molar-refractivity contribution in [2.45, 2.75) is 76.8 Å². The number of ether oxygens (including phenoxy) is 1. The molecule has 3 aromatic rings. The number of nitrogens with zero attached hydrogens (tertiary/aromatic N) is 6. The third-order valence-electron chi connectivity index (χ3n) is 6.62. The topological polar surface area (TPSA) is 120 Å². The number of halogens is 2. The standard InChI is InChI=1S/C21H25F2N7O3/c1-11-27-28-16-9-13(5-7-29(11)16)25-20-24-10-12-8-14(33-19(22)23)18(31)30(17(12)26-20)15-4-3-6-21(15,2)32/h8,10,13,15,19,32H,3-7,9H2,1-2H3,(H,24,25,26)/t13?,15-,21-/m1/s1. The van der Waals surface area contributed by atoms with Crippen molar-refractivity contribution in [1.82, 2.24) is 29.3 Å². The summed E-state index contributed by atoms with van der Waals surface area (Å²) in [7, 11) is 0. The van der Waals surface area contributed by atoms with Gasteiger partial charge in [0, 0.05) is 30.6 Å². The smallest absolute Gasteiger partial charge is 0.387 e. The Hall–Kier alpha value is -3.15. The van der Waals surface area contributed by atoms with Crippen molar-refractivity contribution in [3.05, 3.63) is 34.3 Å². The molecule has 1 fully saturated rings. The van der Waals surface area contributed by atoms with E-state index in [9.17, 15) is 18.7 Å². The number of aliphatic hydroxyl groups is 1. The highest BCUT2D eigenvalue weighted by atomic mass is 19.3. The molecule has 2 aliphatic rings. The Labute approximate surface area is 187 Å². The van der Waals surface area contributed by atoms with Crippen LogP contribution in [0.2, 0.25) is 0 Å². The molecule has 3 aromatic heterocycles. The largest absolute Gasteiger partial charge is 0.429 e. The van der Waals surface area contributed by atoms with Gasteiger partial charge in [-0.15, -0.1) is 10.2 Å². The summed E-state index contributed by atoms with van der Waals surface area (Å²) < 4.78 is 33.7. The molecule has 12 heteroatoms. The number of nitrogens with one attached hydrogen (secondary N) is 1. The molecule has 1 aliphatic carbocycles. The molecule has 10 nitrogen and oxygen atoms in total. The van der Waals surface area contributed by atoms with Crippen LogP contribution in [0.5, 0.6) is 5.75 Å². The molecule has 0 saturated heterocycles. The number of alkyl halides is 2. The lowest BCUT2D eigenvalue weighted by Gasteiger charge is -2.29. The molecule has 4 heterocycles. The van der Waals surface area contributed by atoms with Crippen LogP contribution in [0.1, 0.15) is 50.3 Å². The van der Waals surface area contributed by atoms with Gasteiger partial charge >= 0.3 is 6.61 Å². The molecule has 176 valence electrons. The Morgan fingerprint density at radius 1 is 1.33 bits per heavy atom. The number of pyridine rings is 1. The second-order valence-electron chi connectivity index (χ2n) is 8.95. The molecule has 2 N–H and O–H groups in total. The van der Waals surface area contributed by atoms with Crippen LogP contribution in [0.15, 0.2) is 17.1 Å². The van der Waals surface area contributed by atoms with Crippen molar-refractivity contribution in [1.29, 1.82) is 0 Å². The molecule has 1 saturated carbocycles. The highest BCUT2D eigenvalue weighted by Gasteiger charge is 2.40. The molecule has 0 radical (unpaired) electrons. The summed E-state index contributed by atoms with van der Waals surface area (Å²) in [6.45, 7) is 1.18. The van der Waals surface area contributed by atoms with E-state index in [1.165, 1.54) is 16.8 Å². The van der Waals surface area contributed by atoms with Gasteiger partial charge in [0.1, 0.15) is 17.3 Å². The summed E-state index contributed by atoms with van der Waals surface area (Å²) in [5.74, 6) is 1.57. The fourth-order valence-electron chi connectivity index (χ4n) is 4.95. The van der Waals surface area contributed by atoms with Crippen molar-refractivity contribution in [2.24, 2.45) is 0 Å². The maximum Gasteiger partial charge on any atom is 0.387 e. The van der Waals surface area contributed by atoms with Crippen LogP contribution in [0.4, 0.5) is 14.7 Å². The van der Waals surface area contributed by atoms with Crippen LogP contribution in [0.25, 0.3) is 11.0 Å². The molecule has 1 unspecified atom stereocenters. The summed E-state index contributed by atoms with van der Waals surface area (Å²) in [6.07, 6.45) is 4.64. The van der Waals surface area contributed by atoms with E-state index in [1.807, 2.05) is 6.92 Å². The Balaban J connectivity index is 1.54. The zero-order chi connectivity index (χ0) is 23.3. The normalized spacial score (nSPS) is 24.9. The summed E-state index contributed by atoms with van der Waals surface area (Å²) >= 11 is 0. The first kappa shape index (κ1) is 21.7. The zero-order valence-corrected chi connectivity index (χ0v) is 18.3. The first-order valence-corrected chi connectivity index (χ1v) is 11.0. The highest BCUT2D eigenvalue weighted by Crippen LogP contribution is 2.40. The SMILES string of the molecule is Cc1nnc2n1CCC(Nc1ncc3cc(OC(F)F)c(=O)n([C@@H]4CCC[C@@]4(C)O)c3n1)C2. The van der Waals surface area contributed by atoms with Gasteiger partial charge in [-0.3, -0.25) is 9.36 Å². The van der Waals surface area contributed by atoms with E-state index < -0.39 is 29.6 Å². The third-order valence-corrected chi connectivity index (χ3v) is 6.62. The second-order valence-corrected chi connectivity index (χ2v) is 8.95. The predicted molar refractivity (Wildman–Crippen MR) is 114 cm³/mol. The molecule has 0 aromatic carbocycles. The third kappa shape index (κ3) is 3.92. The van der Waals surface area contributed by atoms with Crippen LogP contribution in [-0.2, 0) is 13.0 Å². The fourth-order valence-corrected chi connectivity index (χ4v) is 4.95. The van der Waals surface area contributed by atoms with Gasteiger partial charge in [0.2, 0.25) is 5.95 Å².